The molecular formula is C17H19BrN2O3. The minimum Gasteiger partial charge on any atom is -0.506 e. The molecule has 0 spiro atoms. The minimum atomic E-state index is -0.485. The molecule has 0 atom stereocenters. The largest absolute Gasteiger partial charge is 0.506 e. The van der Waals surface area contributed by atoms with Crippen molar-refractivity contribution in [3.8, 4) is 5.75 Å². The van der Waals surface area contributed by atoms with Gasteiger partial charge in [0.15, 0.2) is 0 Å². The maximum Gasteiger partial charge on any atom is 0.143 e. The van der Waals surface area contributed by atoms with Crippen molar-refractivity contribution in [2.24, 2.45) is 5.16 Å². The van der Waals surface area contributed by atoms with Crippen LogP contribution in [-0.2, 0) is 11.4 Å². The zero-order chi connectivity index (χ0) is 17.0. The van der Waals surface area contributed by atoms with Crippen LogP contribution in [0.3, 0.4) is 0 Å². The summed E-state index contributed by atoms with van der Waals surface area (Å²) in [7, 11) is 0. The number of hydrogen-bond donors (Lipinski definition) is 2. The first kappa shape index (κ1) is 17.4. The molecule has 1 aromatic heterocycles. The molecule has 6 heteroatoms. The molecule has 0 radical (unpaired) electrons. The summed E-state index contributed by atoms with van der Waals surface area (Å²) in [6.07, 6.45) is 0. The van der Waals surface area contributed by atoms with Crippen LogP contribution in [0.4, 0.5) is 0 Å². The van der Waals surface area contributed by atoms with Crippen LogP contribution < -0.4 is 0 Å². The molecule has 2 rings (SSSR count). The maximum absolute atomic E-state index is 10.2. The number of hydrogen-bond acceptors (Lipinski definition) is 5. The molecule has 23 heavy (non-hydrogen) atoms. The van der Waals surface area contributed by atoms with Gasteiger partial charge >= 0.3 is 0 Å². The number of benzene rings is 1. The molecule has 0 aliphatic carbocycles. The Morgan fingerprint density at radius 2 is 2.00 bits per heavy atom. The van der Waals surface area contributed by atoms with Crippen LogP contribution in [-0.4, -0.2) is 26.5 Å². The van der Waals surface area contributed by atoms with Gasteiger partial charge in [0.2, 0.25) is 0 Å². The number of halogens is 1. The second-order valence-electron chi connectivity index (χ2n) is 5.98. The van der Waals surface area contributed by atoms with Crippen LogP contribution in [0.5, 0.6) is 5.75 Å². The number of rotatable bonds is 4. The molecule has 0 fully saturated rings. The van der Waals surface area contributed by atoms with Crippen LogP contribution in [0, 0.1) is 0 Å². The quantitative estimate of drug-likeness (QED) is 0.629. The molecule has 0 amide bonds. The van der Waals surface area contributed by atoms with E-state index in [9.17, 15) is 10.2 Å². The number of aromatic hydroxyl groups is 1. The Labute approximate surface area is 143 Å². The summed E-state index contributed by atoms with van der Waals surface area (Å²) < 4.78 is 0.872. The van der Waals surface area contributed by atoms with Gasteiger partial charge in [-0.2, -0.15) is 0 Å². The summed E-state index contributed by atoms with van der Waals surface area (Å²) in [6.45, 7) is 5.42. The zero-order valence-electron chi connectivity index (χ0n) is 13.2. The summed E-state index contributed by atoms with van der Waals surface area (Å²) >= 11 is 3.42. The van der Waals surface area contributed by atoms with E-state index in [1.54, 1.807) is 6.07 Å². The second kappa shape index (κ2) is 7.10. The molecule has 2 aromatic rings. The summed E-state index contributed by atoms with van der Waals surface area (Å²) in [5, 5.41) is 23.7. The van der Waals surface area contributed by atoms with Gasteiger partial charge in [-0.25, -0.2) is 4.98 Å². The van der Waals surface area contributed by atoms with E-state index in [1.807, 2.05) is 45.0 Å². The lowest BCUT2D eigenvalue weighted by Crippen LogP contribution is -2.18. The van der Waals surface area contributed by atoms with Crippen molar-refractivity contribution in [1.82, 2.24) is 4.98 Å². The zero-order valence-corrected chi connectivity index (χ0v) is 14.8. The molecule has 0 unspecified atom stereocenters. The van der Waals surface area contributed by atoms with Gasteiger partial charge < -0.3 is 15.1 Å². The van der Waals surface area contributed by atoms with Crippen LogP contribution in [0.2, 0.25) is 0 Å². The first-order valence-electron chi connectivity index (χ1n) is 7.12. The number of aliphatic hydroxyl groups is 1. The first-order valence-corrected chi connectivity index (χ1v) is 7.91. The predicted molar refractivity (Wildman–Crippen MR) is 92.4 cm³/mol. The van der Waals surface area contributed by atoms with Crippen molar-refractivity contribution < 1.29 is 15.1 Å². The van der Waals surface area contributed by atoms with E-state index in [0.29, 0.717) is 11.4 Å². The van der Waals surface area contributed by atoms with Crippen molar-refractivity contribution in [3.05, 3.63) is 57.8 Å². The fraction of sp³-hybridized carbons (Fsp3) is 0.294. The fourth-order valence-corrected chi connectivity index (χ4v) is 2.20. The van der Waals surface area contributed by atoms with Gasteiger partial charge in [-0.1, -0.05) is 33.2 Å². The Hall–Kier alpha value is -1.92. The molecule has 1 heterocycles. The van der Waals surface area contributed by atoms with Crippen molar-refractivity contribution >= 4 is 21.6 Å². The third-order valence-electron chi connectivity index (χ3n) is 2.83. The van der Waals surface area contributed by atoms with Gasteiger partial charge in [0.1, 0.15) is 22.8 Å². The predicted octanol–water partition coefficient (Wildman–Crippen LogP) is 3.61. The lowest BCUT2D eigenvalue weighted by molar-refractivity contribution is 0.00111. The van der Waals surface area contributed by atoms with Crippen LogP contribution in [0.15, 0.2) is 46.0 Å². The highest BCUT2D eigenvalue weighted by atomic mass is 79.9. The van der Waals surface area contributed by atoms with Gasteiger partial charge in [-0.3, -0.25) is 0 Å². The summed E-state index contributed by atoms with van der Waals surface area (Å²) in [4.78, 5) is 9.80. The number of pyridine rings is 1. The minimum absolute atomic E-state index is 0.0292. The molecule has 1 aromatic carbocycles. The van der Waals surface area contributed by atoms with E-state index in [1.165, 1.54) is 6.07 Å². The number of oxime groups is 1. The van der Waals surface area contributed by atoms with Crippen molar-refractivity contribution in [1.29, 1.82) is 0 Å². The average Bonchev–Trinajstić information content (AvgIpc) is 2.48. The molecule has 0 aliphatic heterocycles. The topological polar surface area (TPSA) is 74.9 Å². The van der Waals surface area contributed by atoms with Crippen LogP contribution in [0.25, 0.3) is 0 Å². The Morgan fingerprint density at radius 1 is 1.26 bits per heavy atom. The second-order valence-corrected chi connectivity index (χ2v) is 6.90. The highest BCUT2D eigenvalue weighted by Gasteiger charge is 2.18. The normalized spacial score (nSPS) is 12.3. The number of aromatic nitrogens is 1. The summed E-state index contributed by atoms with van der Waals surface area (Å²) in [6, 6.07) is 10.5. The van der Waals surface area contributed by atoms with Crippen LogP contribution >= 0.6 is 15.9 Å². The highest BCUT2D eigenvalue weighted by molar-refractivity contribution is 9.10. The average molecular weight is 379 g/mol. The molecule has 0 saturated heterocycles. The first-order chi connectivity index (χ1) is 10.8. The Morgan fingerprint density at radius 3 is 2.61 bits per heavy atom. The van der Waals surface area contributed by atoms with E-state index in [0.717, 1.165) is 10.0 Å². The Bertz CT molecular complexity index is 724. The van der Waals surface area contributed by atoms with Gasteiger partial charge in [-0.15, -0.1) is 0 Å². The number of nitrogens with zero attached hydrogens (tertiary/aromatic N) is 2. The number of aliphatic hydroxyl groups excluding tert-OH is 1. The van der Waals surface area contributed by atoms with Crippen molar-refractivity contribution in [2.45, 2.75) is 33.0 Å². The van der Waals surface area contributed by atoms with Crippen molar-refractivity contribution in [3.63, 3.8) is 0 Å². The van der Waals surface area contributed by atoms with Gasteiger partial charge in [0.25, 0.3) is 0 Å². The van der Waals surface area contributed by atoms with Crippen molar-refractivity contribution in [2.75, 3.05) is 0 Å². The molecule has 0 bridgehead atoms. The standard InChI is InChI=1S/C17H19BrN2O3/c1-17(2,3)23-20-15(11-5-4-6-12(18)9-11)16-14(22)8-7-13(10-21)19-16/h4-9,21-22H,10H2,1-3H3/b20-15+. The van der Waals surface area contributed by atoms with Crippen LogP contribution in [0.1, 0.15) is 37.7 Å². The summed E-state index contributed by atoms with van der Waals surface area (Å²) in [5.74, 6) is -0.0292. The maximum atomic E-state index is 10.2. The summed E-state index contributed by atoms with van der Waals surface area (Å²) in [5.41, 5.74) is 1.35. The Kier molecular flexibility index (Phi) is 5.38. The lowest BCUT2D eigenvalue weighted by Gasteiger charge is -2.17. The molecule has 122 valence electrons. The smallest absolute Gasteiger partial charge is 0.143 e. The Balaban J connectivity index is 2.58. The van der Waals surface area contributed by atoms with E-state index >= 15 is 0 Å². The van der Waals surface area contributed by atoms with Gasteiger partial charge in [-0.05, 0) is 45.0 Å². The SMILES string of the molecule is CC(C)(C)O/N=C(\c1cccc(Br)c1)c1nc(CO)ccc1O. The van der Waals surface area contributed by atoms with E-state index in [2.05, 4.69) is 26.1 Å². The third kappa shape index (κ3) is 4.77. The van der Waals surface area contributed by atoms with E-state index in [4.69, 9.17) is 4.84 Å². The third-order valence-corrected chi connectivity index (χ3v) is 3.32. The van der Waals surface area contributed by atoms with E-state index < -0.39 is 5.60 Å². The molecule has 2 N–H and O–H groups in total. The molecule has 0 saturated carbocycles. The lowest BCUT2D eigenvalue weighted by atomic mass is 10.1. The van der Waals surface area contributed by atoms with E-state index in [-0.39, 0.29) is 18.1 Å². The molecule has 0 aliphatic rings. The fourth-order valence-electron chi connectivity index (χ4n) is 1.81. The van der Waals surface area contributed by atoms with Gasteiger partial charge in [0, 0.05) is 10.0 Å². The monoisotopic (exact) mass is 378 g/mol. The molecule has 5 nitrogen and oxygen atoms in total. The highest BCUT2D eigenvalue weighted by Crippen LogP contribution is 2.23. The van der Waals surface area contributed by atoms with Gasteiger partial charge in [0.05, 0.1) is 12.3 Å². The molecular weight excluding hydrogens is 360 g/mol.